The Morgan fingerprint density at radius 2 is 2.00 bits per heavy atom. The smallest absolute Gasteiger partial charge is 0.253 e. The van der Waals surface area contributed by atoms with Crippen molar-refractivity contribution in [1.82, 2.24) is 29.6 Å². The SMILES string of the molecule is Cc1nc(-c2ccc(C(=O)N3CCC[C@H](c4ccncn4)C3)cc2)nn1C. The van der Waals surface area contributed by atoms with Gasteiger partial charge in [0, 0.05) is 49.1 Å². The Labute approximate surface area is 158 Å². The van der Waals surface area contributed by atoms with Crippen molar-refractivity contribution in [2.45, 2.75) is 25.7 Å². The van der Waals surface area contributed by atoms with Crippen molar-refractivity contribution in [3.05, 3.63) is 59.9 Å². The highest BCUT2D eigenvalue weighted by Crippen LogP contribution is 2.26. The maximum absolute atomic E-state index is 12.9. The van der Waals surface area contributed by atoms with Gasteiger partial charge in [-0.25, -0.2) is 15.0 Å². The van der Waals surface area contributed by atoms with Crippen LogP contribution in [0, 0.1) is 6.92 Å². The highest BCUT2D eigenvalue weighted by atomic mass is 16.2. The number of amides is 1. The molecule has 3 heterocycles. The number of carbonyl (C=O) groups is 1. The second-order valence-electron chi connectivity index (χ2n) is 6.91. The molecule has 7 heteroatoms. The van der Waals surface area contributed by atoms with Crippen LogP contribution in [0.3, 0.4) is 0 Å². The molecular formula is C20H22N6O. The Balaban J connectivity index is 1.49. The lowest BCUT2D eigenvalue weighted by Crippen LogP contribution is -2.39. The van der Waals surface area contributed by atoms with Crippen LogP contribution >= 0.6 is 0 Å². The number of likely N-dealkylation sites (tertiary alicyclic amines) is 1. The number of carbonyl (C=O) groups excluding carboxylic acids is 1. The molecule has 0 radical (unpaired) electrons. The normalized spacial score (nSPS) is 17.1. The van der Waals surface area contributed by atoms with E-state index in [1.165, 1.54) is 0 Å². The maximum Gasteiger partial charge on any atom is 0.253 e. The van der Waals surface area contributed by atoms with E-state index >= 15 is 0 Å². The molecular weight excluding hydrogens is 340 g/mol. The molecule has 0 saturated carbocycles. The van der Waals surface area contributed by atoms with Crippen LogP contribution in [0.2, 0.25) is 0 Å². The standard InChI is InChI=1S/C20H22N6O/c1-14-23-19(24-25(14)2)15-5-7-16(8-6-15)20(27)26-11-3-4-17(12-26)18-9-10-21-13-22-18/h5-10,13,17H,3-4,11-12H2,1-2H3/t17-/m0/s1. The Kier molecular flexibility index (Phi) is 4.66. The molecule has 1 fully saturated rings. The molecule has 0 unspecified atom stereocenters. The largest absolute Gasteiger partial charge is 0.338 e. The molecule has 0 spiro atoms. The third-order valence-corrected chi connectivity index (χ3v) is 5.10. The summed E-state index contributed by atoms with van der Waals surface area (Å²) in [6, 6.07) is 9.48. The summed E-state index contributed by atoms with van der Waals surface area (Å²) in [6.07, 6.45) is 5.36. The fourth-order valence-electron chi connectivity index (χ4n) is 3.47. The molecule has 1 aliphatic rings. The zero-order valence-electron chi connectivity index (χ0n) is 15.5. The van der Waals surface area contributed by atoms with Gasteiger partial charge in [0.1, 0.15) is 12.2 Å². The van der Waals surface area contributed by atoms with Crippen molar-refractivity contribution in [1.29, 1.82) is 0 Å². The number of nitrogens with zero attached hydrogens (tertiary/aromatic N) is 6. The van der Waals surface area contributed by atoms with Crippen LogP contribution in [-0.2, 0) is 7.05 Å². The Morgan fingerprint density at radius 3 is 2.67 bits per heavy atom. The van der Waals surface area contributed by atoms with Crippen molar-refractivity contribution < 1.29 is 4.79 Å². The van der Waals surface area contributed by atoms with Crippen LogP contribution in [-0.4, -0.2) is 48.6 Å². The fourth-order valence-corrected chi connectivity index (χ4v) is 3.47. The van der Waals surface area contributed by atoms with Crippen LogP contribution in [0.1, 0.15) is 40.6 Å². The summed E-state index contributed by atoms with van der Waals surface area (Å²) in [5.74, 6) is 1.86. The van der Waals surface area contributed by atoms with Gasteiger partial charge in [-0.2, -0.15) is 5.10 Å². The number of rotatable bonds is 3. The first kappa shape index (κ1) is 17.3. The molecule has 27 heavy (non-hydrogen) atoms. The van der Waals surface area contributed by atoms with Gasteiger partial charge in [-0.15, -0.1) is 0 Å². The molecule has 138 valence electrons. The molecule has 0 aliphatic carbocycles. The number of hydrogen-bond acceptors (Lipinski definition) is 5. The average Bonchev–Trinajstić information content (AvgIpc) is 3.07. The maximum atomic E-state index is 12.9. The monoisotopic (exact) mass is 362 g/mol. The number of benzene rings is 1. The Hall–Kier alpha value is -3.09. The molecule has 1 atom stereocenters. The van der Waals surface area contributed by atoms with Crippen LogP contribution in [0.25, 0.3) is 11.4 Å². The Bertz CT molecular complexity index is 915. The first-order chi connectivity index (χ1) is 13.1. The molecule has 1 amide bonds. The van der Waals surface area contributed by atoms with Gasteiger partial charge in [0.05, 0.1) is 0 Å². The molecule has 1 saturated heterocycles. The highest BCUT2D eigenvalue weighted by Gasteiger charge is 2.26. The van der Waals surface area contributed by atoms with E-state index in [9.17, 15) is 4.79 Å². The molecule has 1 aliphatic heterocycles. The predicted molar refractivity (Wildman–Crippen MR) is 101 cm³/mol. The third-order valence-electron chi connectivity index (χ3n) is 5.10. The quantitative estimate of drug-likeness (QED) is 0.716. The van der Waals surface area contributed by atoms with Gasteiger partial charge in [0.2, 0.25) is 0 Å². The van der Waals surface area contributed by atoms with Crippen LogP contribution in [0.4, 0.5) is 0 Å². The van der Waals surface area contributed by atoms with Crippen molar-refractivity contribution in [3.8, 4) is 11.4 Å². The fraction of sp³-hybridized carbons (Fsp3) is 0.350. The number of aromatic nitrogens is 5. The predicted octanol–water partition coefficient (Wildman–Crippen LogP) is 2.60. The Morgan fingerprint density at radius 1 is 1.19 bits per heavy atom. The minimum atomic E-state index is 0.0606. The lowest BCUT2D eigenvalue weighted by atomic mass is 9.94. The van der Waals surface area contributed by atoms with E-state index in [1.807, 2.05) is 49.2 Å². The van der Waals surface area contributed by atoms with E-state index < -0.39 is 0 Å². The van der Waals surface area contributed by atoms with Gasteiger partial charge >= 0.3 is 0 Å². The number of hydrogen-bond donors (Lipinski definition) is 0. The van der Waals surface area contributed by atoms with E-state index in [-0.39, 0.29) is 11.8 Å². The van der Waals surface area contributed by atoms with Gasteiger partial charge in [-0.3, -0.25) is 9.48 Å². The van der Waals surface area contributed by atoms with Gasteiger partial charge < -0.3 is 4.90 Å². The molecule has 0 N–H and O–H groups in total. The third kappa shape index (κ3) is 3.58. The van der Waals surface area contributed by atoms with Crippen LogP contribution in [0.5, 0.6) is 0 Å². The topological polar surface area (TPSA) is 76.8 Å². The second kappa shape index (κ2) is 7.26. The summed E-state index contributed by atoms with van der Waals surface area (Å²) < 4.78 is 1.75. The van der Waals surface area contributed by atoms with E-state index in [1.54, 1.807) is 17.2 Å². The van der Waals surface area contributed by atoms with Gasteiger partial charge in [-0.1, -0.05) is 12.1 Å². The van der Waals surface area contributed by atoms with Gasteiger partial charge in [-0.05, 0) is 38.0 Å². The molecule has 4 rings (SSSR count). The van der Waals surface area contributed by atoms with E-state index in [0.29, 0.717) is 17.9 Å². The molecule has 1 aromatic carbocycles. The zero-order valence-corrected chi connectivity index (χ0v) is 15.5. The summed E-state index contributed by atoms with van der Waals surface area (Å²) in [4.78, 5) is 27.6. The molecule has 0 bridgehead atoms. The number of piperidine rings is 1. The van der Waals surface area contributed by atoms with Gasteiger partial charge in [0.25, 0.3) is 5.91 Å². The van der Waals surface area contributed by atoms with E-state index in [0.717, 1.165) is 36.5 Å². The average molecular weight is 362 g/mol. The zero-order chi connectivity index (χ0) is 18.8. The minimum Gasteiger partial charge on any atom is -0.338 e. The summed E-state index contributed by atoms with van der Waals surface area (Å²) in [6.45, 7) is 3.39. The highest BCUT2D eigenvalue weighted by molar-refractivity contribution is 5.94. The summed E-state index contributed by atoms with van der Waals surface area (Å²) in [5, 5.41) is 4.39. The van der Waals surface area contributed by atoms with Crippen molar-refractivity contribution in [2.24, 2.45) is 7.05 Å². The summed E-state index contributed by atoms with van der Waals surface area (Å²) >= 11 is 0. The van der Waals surface area contributed by atoms with Crippen LogP contribution < -0.4 is 0 Å². The van der Waals surface area contributed by atoms with Crippen molar-refractivity contribution >= 4 is 5.91 Å². The van der Waals surface area contributed by atoms with Crippen molar-refractivity contribution in [2.75, 3.05) is 13.1 Å². The molecule has 2 aromatic heterocycles. The second-order valence-corrected chi connectivity index (χ2v) is 6.91. The first-order valence-corrected chi connectivity index (χ1v) is 9.15. The molecule has 7 nitrogen and oxygen atoms in total. The molecule has 3 aromatic rings. The van der Waals surface area contributed by atoms with Crippen LogP contribution in [0.15, 0.2) is 42.9 Å². The lowest BCUT2D eigenvalue weighted by molar-refractivity contribution is 0.0706. The van der Waals surface area contributed by atoms with E-state index in [2.05, 4.69) is 20.1 Å². The summed E-state index contributed by atoms with van der Waals surface area (Å²) in [5.41, 5.74) is 2.61. The minimum absolute atomic E-state index is 0.0606. The van der Waals surface area contributed by atoms with Gasteiger partial charge in [0.15, 0.2) is 5.82 Å². The van der Waals surface area contributed by atoms with Crippen molar-refractivity contribution in [3.63, 3.8) is 0 Å². The number of aryl methyl sites for hydroxylation is 2. The van der Waals surface area contributed by atoms with E-state index in [4.69, 9.17) is 0 Å². The lowest BCUT2D eigenvalue weighted by Gasteiger charge is -2.32. The first-order valence-electron chi connectivity index (χ1n) is 9.15. The summed E-state index contributed by atoms with van der Waals surface area (Å²) in [7, 11) is 1.87.